The van der Waals surface area contributed by atoms with Crippen molar-refractivity contribution in [2.45, 2.75) is 48.2 Å². The van der Waals surface area contributed by atoms with Gasteiger partial charge in [0.2, 0.25) is 0 Å². The molecule has 1 heterocycles. The van der Waals surface area contributed by atoms with E-state index in [0.717, 1.165) is 16.6 Å². The van der Waals surface area contributed by atoms with Gasteiger partial charge in [0.1, 0.15) is 5.82 Å². The fraction of sp³-hybridized carbons (Fsp3) is 0.500. The first-order valence-electron chi connectivity index (χ1n) is 7.56. The quantitative estimate of drug-likeness (QED) is 0.869. The maximum absolute atomic E-state index is 4.62. The highest BCUT2D eigenvalue weighted by Crippen LogP contribution is 2.39. The van der Waals surface area contributed by atoms with Gasteiger partial charge < -0.3 is 5.32 Å². The summed E-state index contributed by atoms with van der Waals surface area (Å²) < 4.78 is 5.52. The molecule has 2 unspecified atom stereocenters. The Hall–Kier alpha value is -0.910. The molecule has 0 amide bonds. The van der Waals surface area contributed by atoms with Crippen LogP contribution in [0, 0.1) is 0 Å². The number of fused-ring (bicyclic) bond motifs is 1. The van der Waals surface area contributed by atoms with Crippen LogP contribution in [0.5, 0.6) is 0 Å². The number of benzene rings is 1. The first-order valence-corrected chi connectivity index (χ1v) is 9.21. The number of aromatic nitrogens is 2. The van der Waals surface area contributed by atoms with E-state index in [0.29, 0.717) is 11.3 Å². The lowest BCUT2D eigenvalue weighted by Crippen LogP contribution is -2.26. The van der Waals surface area contributed by atoms with Crippen LogP contribution in [0.15, 0.2) is 28.6 Å². The van der Waals surface area contributed by atoms with Crippen LogP contribution in [0.1, 0.15) is 42.8 Å². The predicted molar refractivity (Wildman–Crippen MR) is 90.1 cm³/mol. The molecule has 0 aliphatic heterocycles. The standard InChI is InChI=1S/C16H21N3S2/c1-3-14-18-16(21-19-14)20-13-10-6-8-11-7-4-5-9-12(11)15(13)17-2/h4-5,7,9,13,15,17H,3,6,8,10H2,1-2H3. The Bertz CT molecular complexity index is 597. The monoisotopic (exact) mass is 319 g/mol. The van der Waals surface area contributed by atoms with Crippen molar-refractivity contribution < 1.29 is 0 Å². The summed E-state index contributed by atoms with van der Waals surface area (Å²) in [6.45, 7) is 2.11. The number of nitrogens with one attached hydrogen (secondary N) is 1. The van der Waals surface area contributed by atoms with Gasteiger partial charge in [-0.1, -0.05) is 43.0 Å². The Morgan fingerprint density at radius 3 is 3.00 bits per heavy atom. The minimum Gasteiger partial charge on any atom is -0.312 e. The highest BCUT2D eigenvalue weighted by atomic mass is 32.2. The molecule has 0 radical (unpaired) electrons. The fourth-order valence-corrected chi connectivity index (χ4v) is 5.23. The molecule has 0 saturated carbocycles. The number of hydrogen-bond acceptors (Lipinski definition) is 5. The molecule has 1 aromatic carbocycles. The molecule has 3 nitrogen and oxygen atoms in total. The fourth-order valence-electron chi connectivity index (χ4n) is 2.95. The lowest BCUT2D eigenvalue weighted by atomic mass is 9.99. The molecule has 5 heteroatoms. The van der Waals surface area contributed by atoms with E-state index < -0.39 is 0 Å². The molecular weight excluding hydrogens is 298 g/mol. The number of rotatable bonds is 4. The molecule has 0 spiro atoms. The van der Waals surface area contributed by atoms with Gasteiger partial charge >= 0.3 is 0 Å². The normalized spacial score (nSPS) is 21.8. The highest BCUT2D eigenvalue weighted by molar-refractivity contribution is 8.01. The summed E-state index contributed by atoms with van der Waals surface area (Å²) in [6.07, 6.45) is 4.56. The van der Waals surface area contributed by atoms with Crippen molar-refractivity contribution in [1.82, 2.24) is 14.7 Å². The first-order chi connectivity index (χ1) is 10.3. The van der Waals surface area contributed by atoms with Crippen molar-refractivity contribution in [3.8, 4) is 0 Å². The van der Waals surface area contributed by atoms with Gasteiger partial charge in [0, 0.05) is 17.7 Å². The van der Waals surface area contributed by atoms with Crippen molar-refractivity contribution in [1.29, 1.82) is 0 Å². The van der Waals surface area contributed by atoms with Crippen LogP contribution in [-0.4, -0.2) is 21.7 Å². The SMILES string of the molecule is CCc1nsc(SC2CCCc3ccccc3C2NC)n1. The van der Waals surface area contributed by atoms with Gasteiger partial charge in [-0.15, -0.1) is 0 Å². The van der Waals surface area contributed by atoms with Crippen LogP contribution in [0.4, 0.5) is 0 Å². The zero-order valence-electron chi connectivity index (χ0n) is 12.5. The second-order valence-electron chi connectivity index (χ2n) is 5.34. The minimum atomic E-state index is 0.391. The molecule has 3 rings (SSSR count). The van der Waals surface area contributed by atoms with Crippen molar-refractivity contribution in [3.05, 3.63) is 41.2 Å². The van der Waals surface area contributed by atoms with E-state index in [2.05, 4.69) is 52.9 Å². The maximum atomic E-state index is 4.62. The molecule has 0 fully saturated rings. The molecule has 1 aliphatic rings. The summed E-state index contributed by atoms with van der Waals surface area (Å²) in [5.41, 5.74) is 2.95. The Morgan fingerprint density at radius 2 is 2.24 bits per heavy atom. The summed E-state index contributed by atoms with van der Waals surface area (Å²) in [6, 6.07) is 9.23. The van der Waals surface area contributed by atoms with Crippen molar-refractivity contribution in [3.63, 3.8) is 0 Å². The summed E-state index contributed by atoms with van der Waals surface area (Å²) >= 11 is 3.44. The first kappa shape index (κ1) is 15.0. The Morgan fingerprint density at radius 1 is 1.38 bits per heavy atom. The average Bonchev–Trinajstić information content (AvgIpc) is 2.89. The highest BCUT2D eigenvalue weighted by Gasteiger charge is 2.28. The van der Waals surface area contributed by atoms with Gasteiger partial charge in [0.15, 0.2) is 4.34 Å². The zero-order chi connectivity index (χ0) is 14.7. The summed E-state index contributed by atoms with van der Waals surface area (Å²) in [5, 5.41) is 4.05. The number of aryl methyl sites for hydroxylation is 2. The van der Waals surface area contributed by atoms with Gasteiger partial charge in [-0.25, -0.2) is 4.98 Å². The van der Waals surface area contributed by atoms with Crippen LogP contribution >= 0.6 is 23.3 Å². The maximum Gasteiger partial charge on any atom is 0.170 e. The number of hydrogen-bond donors (Lipinski definition) is 1. The molecule has 21 heavy (non-hydrogen) atoms. The topological polar surface area (TPSA) is 37.8 Å². The molecule has 1 aliphatic carbocycles. The lowest BCUT2D eigenvalue weighted by Gasteiger charge is -2.25. The molecular formula is C16H21N3S2. The lowest BCUT2D eigenvalue weighted by molar-refractivity contribution is 0.548. The minimum absolute atomic E-state index is 0.391. The largest absolute Gasteiger partial charge is 0.312 e. The van der Waals surface area contributed by atoms with Crippen LogP contribution in [0.3, 0.4) is 0 Å². The second kappa shape index (κ2) is 6.90. The molecule has 0 saturated heterocycles. The molecule has 1 N–H and O–H groups in total. The molecule has 1 aromatic heterocycles. The second-order valence-corrected chi connectivity index (χ2v) is 7.58. The number of thioether (sulfide) groups is 1. The third-order valence-corrected chi connectivity index (χ3v) is 6.19. The van der Waals surface area contributed by atoms with Gasteiger partial charge in [0.05, 0.1) is 0 Å². The molecule has 112 valence electrons. The molecule has 0 bridgehead atoms. The van der Waals surface area contributed by atoms with E-state index in [4.69, 9.17) is 0 Å². The van der Waals surface area contributed by atoms with E-state index in [1.807, 2.05) is 11.8 Å². The van der Waals surface area contributed by atoms with Crippen molar-refractivity contribution in [2.75, 3.05) is 7.05 Å². The van der Waals surface area contributed by atoms with E-state index in [-0.39, 0.29) is 0 Å². The van der Waals surface area contributed by atoms with E-state index >= 15 is 0 Å². The summed E-state index contributed by atoms with van der Waals surface area (Å²) in [4.78, 5) is 4.62. The van der Waals surface area contributed by atoms with E-state index in [1.54, 1.807) is 11.5 Å². The summed E-state index contributed by atoms with van der Waals surface area (Å²) in [5.74, 6) is 0.970. The molecule has 2 atom stereocenters. The third-order valence-electron chi connectivity index (χ3n) is 4.03. The predicted octanol–water partition coefficient (Wildman–Crippen LogP) is 3.86. The zero-order valence-corrected chi connectivity index (χ0v) is 14.1. The van der Waals surface area contributed by atoms with Gasteiger partial charge in [-0.3, -0.25) is 0 Å². The smallest absolute Gasteiger partial charge is 0.170 e. The van der Waals surface area contributed by atoms with E-state index in [9.17, 15) is 0 Å². The third kappa shape index (κ3) is 3.30. The van der Waals surface area contributed by atoms with E-state index in [1.165, 1.54) is 30.4 Å². The Balaban J connectivity index is 1.84. The average molecular weight is 319 g/mol. The van der Waals surface area contributed by atoms with Gasteiger partial charge in [0.25, 0.3) is 0 Å². The van der Waals surface area contributed by atoms with Crippen LogP contribution < -0.4 is 5.32 Å². The van der Waals surface area contributed by atoms with Crippen molar-refractivity contribution in [2.24, 2.45) is 0 Å². The number of nitrogens with zero attached hydrogens (tertiary/aromatic N) is 2. The van der Waals surface area contributed by atoms with Crippen LogP contribution in [0.2, 0.25) is 0 Å². The summed E-state index contributed by atoms with van der Waals surface area (Å²) in [7, 11) is 2.07. The van der Waals surface area contributed by atoms with Crippen molar-refractivity contribution >= 4 is 23.3 Å². The molecule has 2 aromatic rings. The Kier molecular flexibility index (Phi) is 4.93. The van der Waals surface area contributed by atoms with Crippen LogP contribution in [-0.2, 0) is 12.8 Å². The van der Waals surface area contributed by atoms with Gasteiger partial charge in [-0.05, 0) is 49.0 Å². The van der Waals surface area contributed by atoms with Gasteiger partial charge in [-0.2, -0.15) is 4.37 Å². The Labute approximate surface area is 134 Å². The van der Waals surface area contributed by atoms with Crippen LogP contribution in [0.25, 0.3) is 0 Å².